The second-order valence-corrected chi connectivity index (χ2v) is 11.1. The number of carbonyl (C=O) groups excluding carboxylic acids is 2. The molecular weight excluding hydrogens is 559 g/mol. The average molecular weight is 582 g/mol. The number of hydrogen-bond donors (Lipinski definition) is 1. The molecule has 9 nitrogen and oxygen atoms in total. The molecule has 0 aliphatic carbocycles. The van der Waals surface area contributed by atoms with Crippen LogP contribution in [-0.2, 0) is 17.8 Å². The van der Waals surface area contributed by atoms with Crippen LogP contribution in [0, 0.1) is 18.3 Å². The molecule has 0 radical (unpaired) electrons. The van der Waals surface area contributed by atoms with E-state index < -0.39 is 29.7 Å². The Morgan fingerprint density at radius 2 is 1.95 bits per heavy atom. The number of ether oxygens (including phenoxy) is 2. The summed E-state index contributed by atoms with van der Waals surface area (Å²) >= 11 is 7.89. The summed E-state index contributed by atoms with van der Waals surface area (Å²) in [7, 11) is 3.02. The number of nitrogens with zero attached hydrogens (tertiary/aromatic N) is 3. The van der Waals surface area contributed by atoms with E-state index in [9.17, 15) is 24.8 Å². The van der Waals surface area contributed by atoms with Gasteiger partial charge in [0.05, 0.1) is 31.2 Å². The van der Waals surface area contributed by atoms with Crippen LogP contribution in [-0.4, -0.2) is 51.3 Å². The van der Waals surface area contributed by atoms with Crippen LogP contribution in [0.2, 0.25) is 0 Å². The molecule has 0 saturated carbocycles. The zero-order valence-corrected chi connectivity index (χ0v) is 23.7. The van der Waals surface area contributed by atoms with Gasteiger partial charge in [0.2, 0.25) is 5.88 Å². The zero-order chi connectivity index (χ0) is 28.3. The zero-order valence-electron chi connectivity index (χ0n) is 21.2. The Hall–Kier alpha value is -3.92. The minimum atomic E-state index is -0.714. The highest BCUT2D eigenvalue weighted by Crippen LogP contribution is 2.34. The number of rotatable bonds is 9. The van der Waals surface area contributed by atoms with E-state index in [1.165, 1.54) is 32.5 Å². The van der Waals surface area contributed by atoms with Gasteiger partial charge in [0.1, 0.15) is 16.0 Å². The van der Waals surface area contributed by atoms with Crippen LogP contribution in [0.25, 0.3) is 6.08 Å². The number of nitriles is 1. The maximum atomic E-state index is 13.4. The van der Waals surface area contributed by atoms with Crippen LogP contribution in [0.4, 0.5) is 0 Å². The van der Waals surface area contributed by atoms with E-state index in [2.05, 4.69) is 0 Å². The molecule has 1 fully saturated rings. The van der Waals surface area contributed by atoms with Gasteiger partial charge in [-0.05, 0) is 54.1 Å². The molecule has 200 valence electrons. The maximum Gasteiger partial charge on any atom is 0.271 e. The quantitative estimate of drug-likeness (QED) is 0.226. The number of methoxy groups -OCH3 is 2. The molecule has 4 rings (SSSR count). The van der Waals surface area contributed by atoms with E-state index in [4.69, 9.17) is 21.7 Å². The van der Waals surface area contributed by atoms with Crippen molar-refractivity contribution in [3.8, 4) is 23.4 Å². The molecule has 39 heavy (non-hydrogen) atoms. The second kappa shape index (κ2) is 11.9. The number of thiophene rings is 1. The molecule has 1 amide bonds. The maximum absolute atomic E-state index is 13.4. The van der Waals surface area contributed by atoms with Gasteiger partial charge in [0.15, 0.2) is 17.3 Å². The lowest BCUT2D eigenvalue weighted by molar-refractivity contribution is -0.121. The number of amides is 1. The molecule has 2 aromatic heterocycles. The molecule has 0 atom stereocenters. The number of aromatic hydroxyl groups is 1. The number of Topliss-reactive ketones (excluding diaryl/α,β-unsaturated/α-hetero) is 1. The van der Waals surface area contributed by atoms with E-state index >= 15 is 0 Å². The lowest BCUT2D eigenvalue weighted by Crippen LogP contribution is -2.35. The second-order valence-electron chi connectivity index (χ2n) is 8.41. The first-order valence-electron chi connectivity index (χ1n) is 11.6. The van der Waals surface area contributed by atoms with Gasteiger partial charge < -0.3 is 14.6 Å². The van der Waals surface area contributed by atoms with Gasteiger partial charge in [-0.25, -0.2) is 0 Å². The predicted octanol–water partition coefficient (Wildman–Crippen LogP) is 4.14. The first kappa shape index (κ1) is 28.1. The Morgan fingerprint density at radius 3 is 2.59 bits per heavy atom. The third-order valence-corrected chi connectivity index (χ3v) is 8.34. The summed E-state index contributed by atoms with van der Waals surface area (Å²) in [6.45, 7) is 0.964. The van der Waals surface area contributed by atoms with E-state index in [-0.39, 0.29) is 34.0 Å². The number of benzene rings is 1. The highest BCUT2D eigenvalue weighted by atomic mass is 32.2. The number of thiocarbonyl (C=S) groups is 1. The van der Waals surface area contributed by atoms with E-state index in [1.54, 1.807) is 24.3 Å². The fourth-order valence-corrected chi connectivity index (χ4v) is 6.11. The van der Waals surface area contributed by atoms with E-state index in [0.29, 0.717) is 16.4 Å². The Kier molecular flexibility index (Phi) is 8.54. The van der Waals surface area contributed by atoms with Crippen molar-refractivity contribution in [3.63, 3.8) is 0 Å². The molecule has 0 bridgehead atoms. The first-order valence-corrected chi connectivity index (χ1v) is 13.7. The van der Waals surface area contributed by atoms with Gasteiger partial charge in [-0.2, -0.15) is 5.26 Å². The molecule has 0 spiro atoms. The van der Waals surface area contributed by atoms with Gasteiger partial charge in [0.25, 0.3) is 11.5 Å². The summed E-state index contributed by atoms with van der Waals surface area (Å²) in [6.07, 6.45) is 2.00. The fourth-order valence-electron chi connectivity index (χ4n) is 4.13. The number of pyridine rings is 1. The number of hydrogen-bond acceptors (Lipinski definition) is 10. The van der Waals surface area contributed by atoms with Gasteiger partial charge in [-0.15, -0.1) is 11.3 Å². The summed E-state index contributed by atoms with van der Waals surface area (Å²) in [5.74, 6) is -0.597. The number of ketones is 1. The summed E-state index contributed by atoms with van der Waals surface area (Å²) < 4.78 is 11.8. The molecule has 1 aliphatic heterocycles. The minimum absolute atomic E-state index is 0.0139. The molecule has 1 saturated heterocycles. The third kappa shape index (κ3) is 5.61. The Morgan fingerprint density at radius 1 is 1.21 bits per heavy atom. The van der Waals surface area contributed by atoms with Crippen molar-refractivity contribution in [2.24, 2.45) is 0 Å². The highest BCUT2D eigenvalue weighted by Gasteiger charge is 2.35. The molecule has 3 heterocycles. The van der Waals surface area contributed by atoms with Gasteiger partial charge in [-0.1, -0.05) is 36.1 Å². The third-order valence-electron chi connectivity index (χ3n) is 6.14. The van der Waals surface area contributed by atoms with E-state index in [0.717, 1.165) is 31.7 Å². The molecule has 1 aliphatic rings. The lowest BCUT2D eigenvalue weighted by Gasteiger charge is -2.18. The van der Waals surface area contributed by atoms with Gasteiger partial charge in [0, 0.05) is 11.4 Å². The van der Waals surface area contributed by atoms with Crippen molar-refractivity contribution in [1.82, 2.24) is 9.47 Å². The number of aryl methyl sites for hydroxylation is 1. The average Bonchev–Trinajstić information content (AvgIpc) is 3.52. The van der Waals surface area contributed by atoms with Crippen LogP contribution < -0.4 is 15.0 Å². The van der Waals surface area contributed by atoms with Crippen molar-refractivity contribution in [2.45, 2.75) is 19.9 Å². The van der Waals surface area contributed by atoms with Crippen molar-refractivity contribution in [3.05, 3.63) is 78.1 Å². The van der Waals surface area contributed by atoms with Crippen LogP contribution in [0.1, 0.15) is 31.9 Å². The fraction of sp³-hybridized carbons (Fsp3) is 0.222. The highest BCUT2D eigenvalue weighted by molar-refractivity contribution is 8.26. The van der Waals surface area contributed by atoms with Crippen LogP contribution in [0.15, 0.2) is 45.4 Å². The largest absolute Gasteiger partial charge is 0.494 e. The lowest BCUT2D eigenvalue weighted by atomic mass is 10.0. The van der Waals surface area contributed by atoms with Crippen molar-refractivity contribution in [2.75, 3.05) is 20.8 Å². The minimum Gasteiger partial charge on any atom is -0.494 e. The number of thioether (sulfide) groups is 1. The van der Waals surface area contributed by atoms with Gasteiger partial charge >= 0.3 is 0 Å². The molecule has 1 aromatic carbocycles. The van der Waals surface area contributed by atoms with Crippen molar-refractivity contribution >= 4 is 57.4 Å². The molecule has 12 heteroatoms. The van der Waals surface area contributed by atoms with E-state index in [1.807, 2.05) is 23.6 Å². The molecular formula is C27H23N3O6S3. The predicted molar refractivity (Wildman–Crippen MR) is 154 cm³/mol. The number of carbonyl (C=O) groups is 2. The van der Waals surface area contributed by atoms with Crippen LogP contribution in [0.5, 0.6) is 17.4 Å². The molecule has 1 N–H and O–H groups in total. The van der Waals surface area contributed by atoms with Crippen LogP contribution in [0.3, 0.4) is 0 Å². The normalized spacial score (nSPS) is 14.1. The Balaban J connectivity index is 1.63. The summed E-state index contributed by atoms with van der Waals surface area (Å²) in [5.41, 5.74) is -0.344. The first-order chi connectivity index (χ1) is 18.7. The number of aromatic nitrogens is 1. The topological polar surface area (TPSA) is 122 Å². The smallest absolute Gasteiger partial charge is 0.271 e. The van der Waals surface area contributed by atoms with Crippen molar-refractivity contribution < 1.29 is 24.2 Å². The summed E-state index contributed by atoms with van der Waals surface area (Å²) in [6, 6.07) is 10.8. The van der Waals surface area contributed by atoms with Gasteiger partial charge in [-0.3, -0.25) is 23.9 Å². The van der Waals surface area contributed by atoms with Crippen LogP contribution >= 0.6 is 35.3 Å². The SMILES string of the molecule is COc1ccc(CCn2c(O)c(C(=O)CN3C(=O)/C(=C/c4cccs4)SC3=S)c(C)c(C#N)c2=O)cc1OC. The Bertz CT molecular complexity index is 1600. The molecule has 0 unspecified atom stereocenters. The standard InChI is InChI=1S/C27H23N3O6S3/c1-15-18(13-28)24(32)29(9-8-16-6-7-20(35-2)21(11-16)36-3)26(34)23(15)19(31)14-30-25(33)22(39-27(30)37)12-17-5-4-10-38-17/h4-7,10-12,34H,8-9,14H2,1-3H3/b22-12-. The summed E-state index contributed by atoms with van der Waals surface area (Å²) in [5, 5.41) is 22.6. The monoisotopic (exact) mass is 581 g/mol. The summed E-state index contributed by atoms with van der Waals surface area (Å²) in [4.78, 5) is 41.9. The Labute approximate surface area is 237 Å². The molecule has 3 aromatic rings. The van der Waals surface area contributed by atoms with Crippen molar-refractivity contribution in [1.29, 1.82) is 5.26 Å².